The number of nitrogens with one attached hydrogen (secondary N) is 1. The number of esters is 1. The number of carbonyl (C=O) groups excluding carboxylic acids is 1. The van der Waals surface area contributed by atoms with Crippen LogP contribution in [0.2, 0.25) is 0 Å². The summed E-state index contributed by atoms with van der Waals surface area (Å²) >= 11 is 0. The Kier molecular flexibility index (Phi) is 5.50. The van der Waals surface area contributed by atoms with Crippen LogP contribution in [0, 0.1) is 11.8 Å². The van der Waals surface area contributed by atoms with Crippen molar-refractivity contribution in [2.24, 2.45) is 0 Å². The fourth-order valence-electron chi connectivity index (χ4n) is 2.09. The summed E-state index contributed by atoms with van der Waals surface area (Å²) in [6.45, 7) is 8.64. The average Bonchev–Trinajstić information content (AvgIpc) is 2.29. The number of hydrogen-bond acceptors (Lipinski definition) is 2. The normalized spacial score (nSPS) is 19.9. The molecule has 0 saturated carbocycles. The minimum absolute atomic E-state index is 0.256. The Balaban J connectivity index is 2.46. The molecule has 0 aromatic heterocycles. The molecule has 0 amide bonds. The second kappa shape index (κ2) is 6.66. The zero-order valence-corrected chi connectivity index (χ0v) is 11.3. The van der Waals surface area contributed by atoms with E-state index in [2.05, 4.69) is 11.8 Å². The average molecular weight is 238 g/mol. The lowest BCUT2D eigenvalue weighted by atomic mass is 10.0. The third-order valence-electron chi connectivity index (χ3n) is 3.30. The number of carbonyl (C=O) groups is 1. The highest BCUT2D eigenvalue weighted by atomic mass is 16.6. The van der Waals surface area contributed by atoms with Gasteiger partial charge in [0, 0.05) is 6.92 Å². The van der Waals surface area contributed by atoms with Gasteiger partial charge in [0.2, 0.25) is 0 Å². The first-order chi connectivity index (χ1) is 8.06. The molecule has 1 atom stereocenters. The van der Waals surface area contributed by atoms with Gasteiger partial charge in [0.15, 0.2) is 5.60 Å². The Morgan fingerprint density at radius 3 is 2.53 bits per heavy atom. The maximum absolute atomic E-state index is 11.0. The van der Waals surface area contributed by atoms with E-state index in [9.17, 15) is 4.79 Å². The van der Waals surface area contributed by atoms with E-state index in [4.69, 9.17) is 4.74 Å². The molecule has 0 spiro atoms. The molecule has 0 aromatic rings. The molecule has 1 N–H and O–H groups in total. The summed E-state index contributed by atoms with van der Waals surface area (Å²) in [6, 6.07) is 0. The van der Waals surface area contributed by atoms with Gasteiger partial charge in [-0.1, -0.05) is 6.92 Å². The van der Waals surface area contributed by atoms with Gasteiger partial charge < -0.3 is 9.64 Å². The highest BCUT2D eigenvalue weighted by Gasteiger charge is 2.22. The smallest absolute Gasteiger partial charge is 0.304 e. The summed E-state index contributed by atoms with van der Waals surface area (Å²) in [4.78, 5) is 12.5. The predicted octanol–water partition coefficient (Wildman–Crippen LogP) is 0.790. The summed E-state index contributed by atoms with van der Waals surface area (Å²) in [5, 5.41) is 0. The Hall–Kier alpha value is -1.01. The van der Waals surface area contributed by atoms with Gasteiger partial charge in [-0.25, -0.2) is 0 Å². The SMILES string of the molecule is CCC(C)(C#CC[NH+]1CCCCC1)OC(C)=O. The highest BCUT2D eigenvalue weighted by Crippen LogP contribution is 2.13. The van der Waals surface area contributed by atoms with Gasteiger partial charge in [0.1, 0.15) is 6.54 Å². The summed E-state index contributed by atoms with van der Waals surface area (Å²) in [5.41, 5.74) is -0.610. The molecule has 3 nitrogen and oxygen atoms in total. The van der Waals surface area contributed by atoms with Crippen molar-refractivity contribution in [2.45, 2.75) is 52.1 Å². The lowest BCUT2D eigenvalue weighted by molar-refractivity contribution is -0.897. The molecule has 0 bridgehead atoms. The molecule has 0 radical (unpaired) electrons. The number of piperidine rings is 1. The van der Waals surface area contributed by atoms with Crippen molar-refractivity contribution in [1.29, 1.82) is 0 Å². The minimum atomic E-state index is -0.610. The van der Waals surface area contributed by atoms with Crippen LogP contribution in [0.1, 0.15) is 46.5 Å². The van der Waals surface area contributed by atoms with Crippen LogP contribution < -0.4 is 4.90 Å². The molecule has 1 saturated heterocycles. The largest absolute Gasteiger partial charge is 0.446 e. The zero-order valence-electron chi connectivity index (χ0n) is 11.3. The summed E-state index contributed by atoms with van der Waals surface area (Å²) in [5.74, 6) is 6.04. The van der Waals surface area contributed by atoms with Crippen LogP contribution in [-0.4, -0.2) is 31.2 Å². The van der Waals surface area contributed by atoms with Gasteiger partial charge >= 0.3 is 5.97 Å². The monoisotopic (exact) mass is 238 g/mol. The molecule has 0 aromatic carbocycles. The van der Waals surface area contributed by atoms with E-state index in [-0.39, 0.29) is 5.97 Å². The van der Waals surface area contributed by atoms with E-state index in [1.54, 1.807) is 4.90 Å². The van der Waals surface area contributed by atoms with Crippen LogP contribution in [-0.2, 0) is 9.53 Å². The second-order valence-corrected chi connectivity index (χ2v) is 4.97. The summed E-state index contributed by atoms with van der Waals surface area (Å²) in [6.07, 6.45) is 4.71. The maximum Gasteiger partial charge on any atom is 0.304 e. The van der Waals surface area contributed by atoms with E-state index < -0.39 is 5.60 Å². The number of rotatable bonds is 3. The fraction of sp³-hybridized carbons (Fsp3) is 0.786. The van der Waals surface area contributed by atoms with Gasteiger partial charge in [-0.2, -0.15) is 0 Å². The van der Waals surface area contributed by atoms with Crippen LogP contribution in [0.25, 0.3) is 0 Å². The topological polar surface area (TPSA) is 30.7 Å². The molecule has 1 heterocycles. The number of ether oxygens (including phenoxy) is 1. The van der Waals surface area contributed by atoms with Crippen LogP contribution >= 0.6 is 0 Å². The molecule has 1 aliphatic rings. The van der Waals surface area contributed by atoms with Crippen molar-refractivity contribution < 1.29 is 14.4 Å². The van der Waals surface area contributed by atoms with Gasteiger partial charge in [-0.3, -0.25) is 4.79 Å². The molecule has 17 heavy (non-hydrogen) atoms. The van der Waals surface area contributed by atoms with E-state index in [0.29, 0.717) is 0 Å². The number of likely N-dealkylation sites (tertiary alicyclic amines) is 1. The molecular formula is C14H24NO2+. The summed E-state index contributed by atoms with van der Waals surface area (Å²) in [7, 11) is 0. The molecule has 1 rings (SSSR count). The second-order valence-electron chi connectivity index (χ2n) is 4.97. The van der Waals surface area contributed by atoms with E-state index >= 15 is 0 Å². The Morgan fingerprint density at radius 2 is 2.00 bits per heavy atom. The zero-order chi connectivity index (χ0) is 12.7. The highest BCUT2D eigenvalue weighted by molar-refractivity contribution is 5.67. The number of quaternary nitrogens is 1. The molecule has 96 valence electrons. The molecule has 1 fully saturated rings. The van der Waals surface area contributed by atoms with Crippen LogP contribution in [0.5, 0.6) is 0 Å². The standard InChI is InChI=1S/C14H23NO2/c1-4-14(3,17-13(2)16)9-8-12-15-10-6-5-7-11-15/h4-7,10-12H2,1-3H3/p+1. The van der Waals surface area contributed by atoms with Crippen LogP contribution in [0.4, 0.5) is 0 Å². The molecule has 1 aliphatic heterocycles. The first-order valence-corrected chi connectivity index (χ1v) is 6.59. The maximum atomic E-state index is 11.0. The van der Waals surface area contributed by atoms with Gasteiger partial charge in [-0.15, -0.1) is 0 Å². The third kappa shape index (κ3) is 5.23. The Morgan fingerprint density at radius 1 is 1.35 bits per heavy atom. The predicted molar refractivity (Wildman–Crippen MR) is 67.7 cm³/mol. The van der Waals surface area contributed by atoms with Crippen molar-refractivity contribution >= 4 is 5.97 Å². The molecule has 1 unspecified atom stereocenters. The van der Waals surface area contributed by atoms with Gasteiger partial charge in [0.25, 0.3) is 0 Å². The number of hydrogen-bond donors (Lipinski definition) is 1. The van der Waals surface area contributed by atoms with Crippen molar-refractivity contribution in [1.82, 2.24) is 0 Å². The van der Waals surface area contributed by atoms with Gasteiger partial charge in [-0.05, 0) is 44.4 Å². The fourth-order valence-corrected chi connectivity index (χ4v) is 2.09. The Bertz CT molecular complexity index is 310. The van der Waals surface area contributed by atoms with E-state index in [0.717, 1.165) is 13.0 Å². The van der Waals surface area contributed by atoms with Gasteiger partial charge in [0.05, 0.1) is 13.1 Å². The quantitative estimate of drug-likeness (QED) is 0.582. The van der Waals surface area contributed by atoms with E-state index in [1.165, 1.54) is 39.3 Å². The van der Waals surface area contributed by atoms with E-state index in [1.807, 2.05) is 13.8 Å². The first-order valence-electron chi connectivity index (χ1n) is 6.59. The van der Waals surface area contributed by atoms with Crippen LogP contribution in [0.3, 0.4) is 0 Å². The van der Waals surface area contributed by atoms with Crippen LogP contribution in [0.15, 0.2) is 0 Å². The first kappa shape index (κ1) is 14.1. The minimum Gasteiger partial charge on any atom is -0.446 e. The van der Waals surface area contributed by atoms with Crippen molar-refractivity contribution in [3.8, 4) is 11.8 Å². The molecular weight excluding hydrogens is 214 g/mol. The van der Waals surface area contributed by atoms with Crippen molar-refractivity contribution in [2.75, 3.05) is 19.6 Å². The van der Waals surface area contributed by atoms with Crippen molar-refractivity contribution in [3.05, 3.63) is 0 Å². The molecule has 0 aliphatic carbocycles. The van der Waals surface area contributed by atoms with Crippen molar-refractivity contribution in [3.63, 3.8) is 0 Å². The summed E-state index contributed by atoms with van der Waals surface area (Å²) < 4.78 is 5.25. The molecule has 3 heteroatoms. The lowest BCUT2D eigenvalue weighted by Crippen LogP contribution is -3.12. The Labute approximate surface area is 105 Å². The lowest BCUT2D eigenvalue weighted by Gasteiger charge is -2.23. The third-order valence-corrected chi connectivity index (χ3v) is 3.30.